The molecule has 0 bridgehead atoms. The molecule has 2 aromatic rings. The molecule has 23 heavy (non-hydrogen) atoms. The van der Waals surface area contributed by atoms with Crippen LogP contribution in [-0.4, -0.2) is 10.9 Å². The number of hydrogen-bond donors (Lipinski definition) is 2. The summed E-state index contributed by atoms with van der Waals surface area (Å²) >= 11 is 7.01. The maximum Gasteiger partial charge on any atom is 0.256 e. The van der Waals surface area contributed by atoms with Crippen molar-refractivity contribution >= 4 is 55.1 Å². The van der Waals surface area contributed by atoms with E-state index in [4.69, 9.17) is 0 Å². The number of aryl methyl sites for hydroxylation is 1. The Morgan fingerprint density at radius 2 is 2.09 bits per heavy atom. The van der Waals surface area contributed by atoms with Crippen LogP contribution in [0.2, 0.25) is 0 Å². The van der Waals surface area contributed by atoms with Crippen LogP contribution in [0.25, 0.3) is 11.6 Å². The average molecular weight is 436 g/mol. The third-order valence-electron chi connectivity index (χ3n) is 4.68. The van der Waals surface area contributed by atoms with Gasteiger partial charge in [0.25, 0.3) is 5.91 Å². The summed E-state index contributed by atoms with van der Waals surface area (Å²) in [5.41, 5.74) is 6.21. The molecule has 0 saturated heterocycles. The first-order chi connectivity index (χ1) is 11.0. The van der Waals surface area contributed by atoms with Crippen molar-refractivity contribution in [1.29, 1.82) is 0 Å². The van der Waals surface area contributed by atoms with Gasteiger partial charge < -0.3 is 10.3 Å². The zero-order chi connectivity index (χ0) is 16.1. The number of fused-ring (bicyclic) bond motifs is 2. The minimum Gasteiger partial charge on any atom is -0.359 e. The fourth-order valence-corrected chi connectivity index (χ4v) is 4.84. The summed E-state index contributed by atoms with van der Waals surface area (Å²) < 4.78 is 1.84. The van der Waals surface area contributed by atoms with Gasteiger partial charge in [-0.1, -0.05) is 22.9 Å². The van der Waals surface area contributed by atoms with E-state index in [1.807, 2.05) is 18.2 Å². The Bertz CT molecular complexity index is 851. The number of amides is 1. The molecular formula is C18H16Br2N2O. The lowest BCUT2D eigenvalue weighted by Crippen LogP contribution is -2.04. The molecule has 1 unspecified atom stereocenters. The third-order valence-corrected chi connectivity index (χ3v) is 5.76. The molecular weight excluding hydrogens is 420 g/mol. The molecule has 118 valence electrons. The zero-order valence-electron chi connectivity index (χ0n) is 12.7. The van der Waals surface area contributed by atoms with Gasteiger partial charge in [-0.25, -0.2) is 0 Å². The summed E-state index contributed by atoms with van der Waals surface area (Å²) in [6, 6.07) is 6.12. The molecule has 1 aromatic carbocycles. The molecule has 1 aromatic heterocycles. The van der Waals surface area contributed by atoms with Crippen LogP contribution in [-0.2, 0) is 11.2 Å². The highest BCUT2D eigenvalue weighted by Gasteiger charge is 2.27. The van der Waals surface area contributed by atoms with E-state index in [1.165, 1.54) is 24.1 Å². The van der Waals surface area contributed by atoms with Crippen molar-refractivity contribution in [1.82, 2.24) is 4.98 Å². The lowest BCUT2D eigenvalue weighted by atomic mass is 9.88. The van der Waals surface area contributed by atoms with Crippen molar-refractivity contribution in [3.63, 3.8) is 0 Å². The Labute approximate surface area is 151 Å². The molecule has 1 amide bonds. The topological polar surface area (TPSA) is 44.9 Å². The minimum absolute atomic E-state index is 0.0561. The van der Waals surface area contributed by atoms with Crippen LogP contribution in [0.3, 0.4) is 0 Å². The SMILES string of the molecule is CC1CCCc2[nH]c(C=C3C(=O)Nc4c(Br)cc(Br)cc43)cc21. The number of carbonyl (C=O) groups is 1. The predicted octanol–water partition coefficient (Wildman–Crippen LogP) is 5.47. The third kappa shape index (κ3) is 2.60. The number of carbonyl (C=O) groups excluding carboxylic acids is 1. The highest BCUT2D eigenvalue weighted by Crippen LogP contribution is 2.41. The molecule has 2 heterocycles. The van der Waals surface area contributed by atoms with Gasteiger partial charge in [-0.15, -0.1) is 0 Å². The second-order valence-corrected chi connectivity index (χ2v) is 8.04. The smallest absolute Gasteiger partial charge is 0.256 e. The quantitative estimate of drug-likeness (QED) is 0.573. The van der Waals surface area contributed by atoms with E-state index in [-0.39, 0.29) is 5.91 Å². The summed E-state index contributed by atoms with van der Waals surface area (Å²) in [6.45, 7) is 2.27. The number of benzene rings is 1. The van der Waals surface area contributed by atoms with E-state index in [0.717, 1.165) is 32.3 Å². The summed E-state index contributed by atoms with van der Waals surface area (Å²) in [7, 11) is 0. The first-order valence-electron chi connectivity index (χ1n) is 7.77. The maximum absolute atomic E-state index is 12.4. The molecule has 2 N–H and O–H groups in total. The van der Waals surface area contributed by atoms with Crippen LogP contribution in [0.4, 0.5) is 5.69 Å². The van der Waals surface area contributed by atoms with Crippen LogP contribution < -0.4 is 5.32 Å². The number of aromatic amines is 1. The van der Waals surface area contributed by atoms with Crippen LogP contribution in [0.1, 0.15) is 48.2 Å². The van der Waals surface area contributed by atoms with Gasteiger partial charge in [0.2, 0.25) is 0 Å². The molecule has 3 nitrogen and oxygen atoms in total. The molecule has 0 saturated carbocycles. The monoisotopic (exact) mass is 434 g/mol. The second-order valence-electron chi connectivity index (χ2n) is 6.27. The molecule has 5 heteroatoms. The Morgan fingerprint density at radius 3 is 2.87 bits per heavy atom. The molecule has 1 aliphatic heterocycles. The van der Waals surface area contributed by atoms with Gasteiger partial charge in [-0.3, -0.25) is 4.79 Å². The van der Waals surface area contributed by atoms with Crippen LogP contribution in [0, 0.1) is 0 Å². The van der Waals surface area contributed by atoms with Crippen LogP contribution in [0.5, 0.6) is 0 Å². The number of rotatable bonds is 1. The van der Waals surface area contributed by atoms with E-state index in [9.17, 15) is 4.79 Å². The molecule has 2 aliphatic rings. The molecule has 0 fully saturated rings. The lowest BCUT2D eigenvalue weighted by molar-refractivity contribution is -0.110. The number of anilines is 1. The normalized spacial score (nSPS) is 21.3. The average Bonchev–Trinajstić information content (AvgIpc) is 3.04. The minimum atomic E-state index is -0.0561. The molecule has 0 spiro atoms. The van der Waals surface area contributed by atoms with Crippen LogP contribution >= 0.6 is 31.9 Å². The van der Waals surface area contributed by atoms with Gasteiger partial charge in [0, 0.05) is 25.9 Å². The Morgan fingerprint density at radius 1 is 1.26 bits per heavy atom. The molecule has 4 rings (SSSR count). The lowest BCUT2D eigenvalue weighted by Gasteiger charge is -2.17. The first kappa shape index (κ1) is 15.2. The van der Waals surface area contributed by atoms with Crippen molar-refractivity contribution in [2.24, 2.45) is 0 Å². The van der Waals surface area contributed by atoms with E-state index in [2.05, 4.69) is 55.2 Å². The van der Waals surface area contributed by atoms with Crippen LogP contribution in [0.15, 0.2) is 27.1 Å². The van der Waals surface area contributed by atoms with Crippen molar-refractivity contribution in [3.8, 4) is 0 Å². The largest absolute Gasteiger partial charge is 0.359 e. The van der Waals surface area contributed by atoms with E-state index in [0.29, 0.717) is 11.5 Å². The van der Waals surface area contributed by atoms with Gasteiger partial charge in [0.15, 0.2) is 0 Å². The fraction of sp³-hybridized carbons (Fsp3) is 0.278. The van der Waals surface area contributed by atoms with Crippen molar-refractivity contribution < 1.29 is 4.79 Å². The van der Waals surface area contributed by atoms with Gasteiger partial charge in [0.05, 0.1) is 11.3 Å². The predicted molar refractivity (Wildman–Crippen MR) is 100 cm³/mol. The van der Waals surface area contributed by atoms with Crippen molar-refractivity contribution in [2.45, 2.75) is 32.1 Å². The van der Waals surface area contributed by atoms with Gasteiger partial charge in [0.1, 0.15) is 0 Å². The van der Waals surface area contributed by atoms with E-state index < -0.39 is 0 Å². The number of nitrogens with one attached hydrogen (secondary N) is 2. The van der Waals surface area contributed by atoms with E-state index in [1.54, 1.807) is 0 Å². The molecule has 1 atom stereocenters. The molecule has 0 radical (unpaired) electrons. The first-order valence-corrected chi connectivity index (χ1v) is 9.36. The summed E-state index contributed by atoms with van der Waals surface area (Å²) in [6.07, 6.45) is 5.53. The van der Waals surface area contributed by atoms with E-state index >= 15 is 0 Å². The Hall–Kier alpha value is -1.33. The maximum atomic E-state index is 12.4. The Balaban J connectivity index is 1.80. The van der Waals surface area contributed by atoms with Crippen molar-refractivity contribution in [3.05, 3.63) is 49.7 Å². The molecule has 1 aliphatic carbocycles. The number of hydrogen-bond acceptors (Lipinski definition) is 1. The summed E-state index contributed by atoms with van der Waals surface area (Å²) in [5.74, 6) is 0.537. The second kappa shape index (κ2) is 5.64. The number of H-pyrrole nitrogens is 1. The van der Waals surface area contributed by atoms with Gasteiger partial charge >= 0.3 is 0 Å². The van der Waals surface area contributed by atoms with Gasteiger partial charge in [-0.2, -0.15) is 0 Å². The highest BCUT2D eigenvalue weighted by molar-refractivity contribution is 9.11. The standard InChI is InChI=1S/C18H16Br2N2O/c1-9-3-2-4-16-12(9)7-11(21-16)8-14-13-5-10(19)6-15(20)17(13)22-18(14)23/h5-9,21H,2-4H2,1H3,(H,22,23). The Kier molecular flexibility index (Phi) is 3.73. The summed E-state index contributed by atoms with van der Waals surface area (Å²) in [5, 5.41) is 2.94. The fourth-order valence-electron chi connectivity index (χ4n) is 3.52. The highest BCUT2D eigenvalue weighted by atomic mass is 79.9. The van der Waals surface area contributed by atoms with Crippen molar-refractivity contribution in [2.75, 3.05) is 5.32 Å². The number of aromatic nitrogens is 1. The summed E-state index contributed by atoms with van der Waals surface area (Å²) in [4.78, 5) is 15.9. The zero-order valence-corrected chi connectivity index (χ0v) is 15.8. The number of halogens is 2. The van der Waals surface area contributed by atoms with Gasteiger partial charge in [-0.05, 0) is 70.9 Å².